The van der Waals surface area contributed by atoms with Crippen molar-refractivity contribution >= 4 is 10.0 Å². The highest BCUT2D eigenvalue weighted by Gasteiger charge is 2.21. The minimum Gasteiger partial charge on any atom is -0.392 e. The smallest absolute Gasteiger partial charge is 0.245 e. The van der Waals surface area contributed by atoms with Crippen LogP contribution in [0.3, 0.4) is 0 Å². The Hall–Kier alpha value is -0.980. The monoisotopic (exact) mass is 233 g/mol. The average molecular weight is 233 g/mol. The molecule has 0 heterocycles. The molecule has 0 aliphatic rings. The standard InChI is InChI=1S/C9H12FNO3S/c1-11(2)15(13,14)9-5-7(6-12)3-4-8(9)10/h3-5,12H,6H2,1-2H3. The van der Waals surface area contributed by atoms with Gasteiger partial charge in [0.15, 0.2) is 0 Å². The van der Waals surface area contributed by atoms with Gasteiger partial charge in [0.05, 0.1) is 6.61 Å². The van der Waals surface area contributed by atoms with Crippen molar-refractivity contribution in [1.29, 1.82) is 0 Å². The Kier molecular flexibility index (Phi) is 3.43. The molecular weight excluding hydrogens is 221 g/mol. The third-order valence-electron chi connectivity index (χ3n) is 1.94. The highest BCUT2D eigenvalue weighted by atomic mass is 32.2. The summed E-state index contributed by atoms with van der Waals surface area (Å²) in [6.45, 7) is -0.323. The van der Waals surface area contributed by atoms with Crippen LogP contribution in [0.15, 0.2) is 23.1 Å². The molecule has 0 bridgehead atoms. The number of benzene rings is 1. The molecule has 84 valence electrons. The maximum absolute atomic E-state index is 13.3. The van der Waals surface area contributed by atoms with E-state index in [-0.39, 0.29) is 6.61 Å². The Labute approximate surface area is 88.0 Å². The fraction of sp³-hybridized carbons (Fsp3) is 0.333. The summed E-state index contributed by atoms with van der Waals surface area (Å²) in [5, 5.41) is 8.83. The highest BCUT2D eigenvalue weighted by molar-refractivity contribution is 7.89. The van der Waals surface area contributed by atoms with Gasteiger partial charge in [-0.25, -0.2) is 17.1 Å². The van der Waals surface area contributed by atoms with Gasteiger partial charge in [-0.1, -0.05) is 6.07 Å². The van der Waals surface area contributed by atoms with E-state index in [1.807, 2.05) is 0 Å². The number of aliphatic hydroxyl groups is 1. The minimum atomic E-state index is -3.79. The summed E-state index contributed by atoms with van der Waals surface area (Å²) in [5.41, 5.74) is 0.358. The molecule has 6 heteroatoms. The van der Waals surface area contributed by atoms with E-state index >= 15 is 0 Å². The molecule has 1 N–H and O–H groups in total. The molecule has 15 heavy (non-hydrogen) atoms. The van der Waals surface area contributed by atoms with Gasteiger partial charge < -0.3 is 5.11 Å². The Balaban J connectivity index is 3.37. The molecule has 4 nitrogen and oxygen atoms in total. The summed E-state index contributed by atoms with van der Waals surface area (Å²) in [6, 6.07) is 3.50. The van der Waals surface area contributed by atoms with Gasteiger partial charge in [0, 0.05) is 14.1 Å². The van der Waals surface area contributed by atoms with Crippen molar-refractivity contribution in [3.63, 3.8) is 0 Å². The van der Waals surface area contributed by atoms with Crippen molar-refractivity contribution in [2.24, 2.45) is 0 Å². The van der Waals surface area contributed by atoms with Crippen molar-refractivity contribution < 1.29 is 17.9 Å². The largest absolute Gasteiger partial charge is 0.392 e. The zero-order chi connectivity index (χ0) is 11.6. The Morgan fingerprint density at radius 1 is 1.40 bits per heavy atom. The summed E-state index contributed by atoms with van der Waals surface area (Å²) in [5.74, 6) is -0.819. The molecule has 1 aromatic carbocycles. The number of sulfonamides is 1. The van der Waals surface area contributed by atoms with E-state index in [4.69, 9.17) is 5.11 Å². The van der Waals surface area contributed by atoms with Gasteiger partial charge in [0.25, 0.3) is 0 Å². The highest BCUT2D eigenvalue weighted by Crippen LogP contribution is 2.18. The molecule has 0 saturated carbocycles. The zero-order valence-electron chi connectivity index (χ0n) is 8.44. The molecule has 0 aromatic heterocycles. The maximum Gasteiger partial charge on any atom is 0.245 e. The summed E-state index contributed by atoms with van der Waals surface area (Å²) < 4.78 is 37.4. The fourth-order valence-electron chi connectivity index (χ4n) is 1.04. The van der Waals surface area contributed by atoms with Crippen molar-refractivity contribution in [2.75, 3.05) is 14.1 Å². The Morgan fingerprint density at radius 3 is 2.47 bits per heavy atom. The van der Waals surface area contributed by atoms with Crippen LogP contribution in [0.1, 0.15) is 5.56 Å². The van der Waals surface area contributed by atoms with E-state index in [0.29, 0.717) is 5.56 Å². The average Bonchev–Trinajstić information content (AvgIpc) is 2.18. The first-order valence-corrected chi connectivity index (χ1v) is 5.65. The number of aliphatic hydroxyl groups excluding tert-OH is 1. The molecule has 0 radical (unpaired) electrons. The summed E-state index contributed by atoms with van der Waals surface area (Å²) >= 11 is 0. The number of rotatable bonds is 3. The van der Waals surface area contributed by atoms with Crippen molar-refractivity contribution in [3.8, 4) is 0 Å². The summed E-state index contributed by atoms with van der Waals surface area (Å²) in [7, 11) is -1.15. The lowest BCUT2D eigenvalue weighted by atomic mass is 10.2. The summed E-state index contributed by atoms with van der Waals surface area (Å²) in [6.07, 6.45) is 0. The van der Waals surface area contributed by atoms with Crippen LogP contribution in [0.5, 0.6) is 0 Å². The zero-order valence-corrected chi connectivity index (χ0v) is 9.25. The molecule has 0 spiro atoms. The van der Waals surface area contributed by atoms with Gasteiger partial charge >= 0.3 is 0 Å². The van der Waals surface area contributed by atoms with Crippen molar-refractivity contribution in [2.45, 2.75) is 11.5 Å². The van der Waals surface area contributed by atoms with Gasteiger partial charge in [-0.05, 0) is 17.7 Å². The van der Waals surface area contributed by atoms with Crippen LogP contribution in [0.2, 0.25) is 0 Å². The molecule has 1 aromatic rings. The lowest BCUT2D eigenvalue weighted by molar-refractivity contribution is 0.281. The first-order chi connectivity index (χ1) is 6.89. The van der Waals surface area contributed by atoms with Crippen LogP contribution in [0.4, 0.5) is 4.39 Å². The number of nitrogens with zero attached hydrogens (tertiary/aromatic N) is 1. The number of hydrogen-bond donors (Lipinski definition) is 1. The van der Waals surface area contributed by atoms with Gasteiger partial charge in [0.1, 0.15) is 10.7 Å². The quantitative estimate of drug-likeness (QED) is 0.830. The first-order valence-electron chi connectivity index (χ1n) is 4.21. The fourth-order valence-corrected chi connectivity index (χ4v) is 2.05. The Bertz CT molecular complexity index is 456. The molecule has 0 unspecified atom stereocenters. The SMILES string of the molecule is CN(C)S(=O)(=O)c1cc(CO)ccc1F. The third kappa shape index (κ3) is 2.34. The molecular formula is C9H12FNO3S. The number of halogens is 1. The van der Waals surface area contributed by atoms with E-state index in [1.54, 1.807) is 0 Å². The summed E-state index contributed by atoms with van der Waals surface area (Å²) in [4.78, 5) is -0.418. The topological polar surface area (TPSA) is 57.6 Å². The van der Waals surface area contributed by atoms with Crippen molar-refractivity contribution in [1.82, 2.24) is 4.31 Å². The first kappa shape index (κ1) is 12.1. The van der Waals surface area contributed by atoms with Gasteiger partial charge in [-0.3, -0.25) is 0 Å². The minimum absolute atomic E-state index is 0.323. The lowest BCUT2D eigenvalue weighted by Gasteiger charge is -2.12. The predicted molar refractivity (Wildman–Crippen MR) is 53.2 cm³/mol. The molecule has 0 atom stereocenters. The molecule has 1 rings (SSSR count). The van der Waals surface area contributed by atoms with E-state index < -0.39 is 20.7 Å². The Morgan fingerprint density at radius 2 is 2.00 bits per heavy atom. The van der Waals surface area contributed by atoms with Crippen LogP contribution in [0, 0.1) is 5.82 Å². The number of hydrogen-bond acceptors (Lipinski definition) is 3. The van der Waals surface area contributed by atoms with E-state index in [9.17, 15) is 12.8 Å². The van der Waals surface area contributed by atoms with Crippen LogP contribution < -0.4 is 0 Å². The van der Waals surface area contributed by atoms with Gasteiger partial charge in [-0.2, -0.15) is 0 Å². The molecule has 0 amide bonds. The normalized spacial score (nSPS) is 12.1. The van der Waals surface area contributed by atoms with E-state index in [1.165, 1.54) is 20.2 Å². The van der Waals surface area contributed by atoms with Crippen LogP contribution in [-0.2, 0) is 16.6 Å². The van der Waals surface area contributed by atoms with Crippen molar-refractivity contribution in [3.05, 3.63) is 29.6 Å². The maximum atomic E-state index is 13.3. The molecule has 0 fully saturated rings. The predicted octanol–water partition coefficient (Wildman–Crippen LogP) is 0.568. The van der Waals surface area contributed by atoms with E-state index in [2.05, 4.69) is 0 Å². The van der Waals surface area contributed by atoms with Crippen LogP contribution in [0.25, 0.3) is 0 Å². The second-order valence-corrected chi connectivity index (χ2v) is 5.33. The molecule has 0 saturated heterocycles. The van der Waals surface area contributed by atoms with Gasteiger partial charge in [-0.15, -0.1) is 0 Å². The van der Waals surface area contributed by atoms with Gasteiger partial charge in [0.2, 0.25) is 10.0 Å². The molecule has 0 aliphatic heterocycles. The van der Waals surface area contributed by atoms with E-state index in [0.717, 1.165) is 16.4 Å². The lowest BCUT2D eigenvalue weighted by Crippen LogP contribution is -2.23. The second-order valence-electron chi connectivity index (χ2n) is 3.21. The van der Waals surface area contributed by atoms with Crippen LogP contribution >= 0.6 is 0 Å². The second kappa shape index (κ2) is 4.26. The molecule has 0 aliphatic carbocycles. The van der Waals surface area contributed by atoms with Crippen LogP contribution in [-0.4, -0.2) is 31.9 Å². The third-order valence-corrected chi connectivity index (χ3v) is 3.77.